The van der Waals surface area contributed by atoms with Crippen LogP contribution in [0.25, 0.3) is 0 Å². The molecule has 0 saturated carbocycles. The summed E-state index contributed by atoms with van der Waals surface area (Å²) in [5.41, 5.74) is 7.24. The highest BCUT2D eigenvalue weighted by molar-refractivity contribution is 7.84. The van der Waals surface area contributed by atoms with E-state index >= 15 is 0 Å². The second-order valence-corrected chi connectivity index (χ2v) is 6.02. The van der Waals surface area contributed by atoms with Crippen molar-refractivity contribution < 1.29 is 9.00 Å². The Morgan fingerprint density at radius 1 is 1.37 bits per heavy atom. The molecule has 0 aliphatic carbocycles. The van der Waals surface area contributed by atoms with E-state index in [1.165, 1.54) is 0 Å². The fourth-order valence-corrected chi connectivity index (χ4v) is 2.22. The molecular formula is C13H21N3O2S. The Bertz CT molecular complexity index is 434. The minimum atomic E-state index is -0.826. The smallest absolute Gasteiger partial charge is 0.319 e. The van der Waals surface area contributed by atoms with Gasteiger partial charge in [0.25, 0.3) is 0 Å². The lowest BCUT2D eigenvalue weighted by molar-refractivity contribution is 0.249. The van der Waals surface area contributed by atoms with Crippen LogP contribution in [-0.4, -0.2) is 28.3 Å². The van der Waals surface area contributed by atoms with E-state index in [9.17, 15) is 9.00 Å². The van der Waals surface area contributed by atoms with Crippen LogP contribution in [0.1, 0.15) is 18.9 Å². The highest BCUT2D eigenvalue weighted by Crippen LogP contribution is 2.08. The third-order valence-electron chi connectivity index (χ3n) is 2.66. The summed E-state index contributed by atoms with van der Waals surface area (Å²) in [5.74, 6) is 0.590. The second kappa shape index (κ2) is 7.91. The Labute approximate surface area is 116 Å². The first-order valence-electron chi connectivity index (χ1n) is 6.18. The lowest BCUT2D eigenvalue weighted by Crippen LogP contribution is -2.36. The van der Waals surface area contributed by atoms with E-state index in [-0.39, 0.29) is 12.1 Å². The van der Waals surface area contributed by atoms with Crippen LogP contribution in [-0.2, 0) is 17.3 Å². The fraction of sp³-hybridized carbons (Fsp3) is 0.462. The third-order valence-corrected chi connectivity index (χ3v) is 3.47. The van der Waals surface area contributed by atoms with Crippen molar-refractivity contribution in [3.8, 4) is 0 Å². The van der Waals surface area contributed by atoms with E-state index in [2.05, 4.69) is 10.6 Å². The van der Waals surface area contributed by atoms with Crippen LogP contribution in [0.4, 0.5) is 10.5 Å². The number of urea groups is 1. The van der Waals surface area contributed by atoms with Gasteiger partial charge in [-0.3, -0.25) is 4.21 Å². The van der Waals surface area contributed by atoms with Gasteiger partial charge in [0.2, 0.25) is 0 Å². The zero-order valence-electron chi connectivity index (χ0n) is 11.3. The van der Waals surface area contributed by atoms with Crippen LogP contribution < -0.4 is 16.4 Å². The molecule has 0 aliphatic heterocycles. The van der Waals surface area contributed by atoms with Gasteiger partial charge in [-0.1, -0.05) is 12.1 Å². The van der Waals surface area contributed by atoms with Gasteiger partial charge in [-0.15, -0.1) is 0 Å². The number of rotatable bonds is 6. The highest BCUT2D eigenvalue weighted by atomic mass is 32.2. The number of amides is 2. The van der Waals surface area contributed by atoms with Gasteiger partial charge in [0.15, 0.2) is 0 Å². The number of anilines is 1. The molecule has 0 aliphatic rings. The molecule has 5 nitrogen and oxygen atoms in total. The van der Waals surface area contributed by atoms with Crippen molar-refractivity contribution in [2.24, 2.45) is 5.73 Å². The Morgan fingerprint density at radius 2 is 2.00 bits per heavy atom. The average molecular weight is 283 g/mol. The Kier molecular flexibility index (Phi) is 6.52. The van der Waals surface area contributed by atoms with Crippen molar-refractivity contribution in [1.82, 2.24) is 5.32 Å². The topological polar surface area (TPSA) is 84.2 Å². The maximum absolute atomic E-state index is 11.7. The number of hydrogen-bond donors (Lipinski definition) is 3. The summed E-state index contributed by atoms with van der Waals surface area (Å²) < 4.78 is 11.0. The largest absolute Gasteiger partial charge is 0.335 e. The molecule has 1 rings (SSSR count). The number of carbonyl (C=O) groups is 1. The van der Waals surface area contributed by atoms with E-state index < -0.39 is 10.8 Å². The van der Waals surface area contributed by atoms with Gasteiger partial charge in [-0.25, -0.2) is 4.79 Å². The first-order valence-corrected chi connectivity index (χ1v) is 7.90. The van der Waals surface area contributed by atoms with Crippen LogP contribution in [0, 0.1) is 0 Å². The number of nitrogens with one attached hydrogen (secondary N) is 2. The molecule has 0 saturated heterocycles. The molecule has 2 atom stereocenters. The van der Waals surface area contributed by atoms with Gasteiger partial charge in [0.1, 0.15) is 0 Å². The molecule has 4 N–H and O–H groups in total. The van der Waals surface area contributed by atoms with Crippen molar-refractivity contribution in [3.05, 3.63) is 29.8 Å². The normalized spacial score (nSPS) is 13.6. The summed E-state index contributed by atoms with van der Waals surface area (Å²) in [6.07, 6.45) is 2.36. The molecule has 1 aromatic rings. The van der Waals surface area contributed by atoms with Crippen LogP contribution >= 0.6 is 0 Å². The summed E-state index contributed by atoms with van der Waals surface area (Å²) in [5, 5.41) is 5.55. The van der Waals surface area contributed by atoms with E-state index in [1.807, 2.05) is 31.2 Å². The van der Waals surface area contributed by atoms with Gasteiger partial charge in [0, 0.05) is 41.1 Å². The van der Waals surface area contributed by atoms with Gasteiger partial charge >= 0.3 is 6.03 Å². The Hall–Kier alpha value is -1.40. The van der Waals surface area contributed by atoms with Gasteiger partial charge in [-0.2, -0.15) is 0 Å². The first kappa shape index (κ1) is 15.7. The van der Waals surface area contributed by atoms with Crippen molar-refractivity contribution in [3.63, 3.8) is 0 Å². The first-order chi connectivity index (χ1) is 9.01. The number of carbonyl (C=O) groups excluding carboxylic acids is 1. The number of benzene rings is 1. The molecule has 0 bridgehead atoms. The summed E-state index contributed by atoms with van der Waals surface area (Å²) >= 11 is 0. The van der Waals surface area contributed by atoms with Crippen LogP contribution in [0.5, 0.6) is 0 Å². The number of nitrogens with two attached hydrogens (primary N) is 1. The third kappa shape index (κ3) is 6.35. The zero-order chi connectivity index (χ0) is 14.3. The van der Waals surface area contributed by atoms with E-state index in [4.69, 9.17) is 5.73 Å². The quantitative estimate of drug-likeness (QED) is 0.738. The molecule has 19 heavy (non-hydrogen) atoms. The minimum absolute atomic E-state index is 0.00721. The van der Waals surface area contributed by atoms with Crippen LogP contribution in [0.3, 0.4) is 0 Å². The van der Waals surface area contributed by atoms with Crippen molar-refractivity contribution in [1.29, 1.82) is 0 Å². The monoisotopic (exact) mass is 283 g/mol. The molecule has 2 amide bonds. The molecule has 6 heteroatoms. The lowest BCUT2D eigenvalue weighted by Gasteiger charge is -2.14. The van der Waals surface area contributed by atoms with Gasteiger partial charge < -0.3 is 16.4 Å². The van der Waals surface area contributed by atoms with Crippen molar-refractivity contribution >= 4 is 22.5 Å². The van der Waals surface area contributed by atoms with Crippen LogP contribution in [0.15, 0.2) is 24.3 Å². The van der Waals surface area contributed by atoms with Gasteiger partial charge in [0.05, 0.1) is 0 Å². The van der Waals surface area contributed by atoms with E-state index in [0.717, 1.165) is 11.3 Å². The molecule has 1 aromatic carbocycles. The molecular weight excluding hydrogens is 262 g/mol. The summed E-state index contributed by atoms with van der Waals surface area (Å²) in [6.45, 7) is 2.38. The standard InChI is InChI=1S/C13H21N3O2S/c1-10(7-8-19(2)18)15-13(17)16-12-5-3-11(9-14)4-6-12/h3-6,10H,7-9,14H2,1-2H3,(H2,15,16,17). The van der Waals surface area contributed by atoms with Gasteiger partial charge in [-0.05, 0) is 31.0 Å². The van der Waals surface area contributed by atoms with Crippen molar-refractivity contribution in [2.45, 2.75) is 25.9 Å². The fourth-order valence-electron chi connectivity index (χ4n) is 1.53. The summed E-state index contributed by atoms with van der Waals surface area (Å²) in [6, 6.07) is 7.11. The molecule has 2 unspecified atom stereocenters. The summed E-state index contributed by atoms with van der Waals surface area (Å²) in [4.78, 5) is 11.7. The van der Waals surface area contributed by atoms with Crippen LogP contribution in [0.2, 0.25) is 0 Å². The predicted octanol–water partition coefficient (Wildman–Crippen LogP) is 1.42. The SMILES string of the molecule is CC(CCS(C)=O)NC(=O)Nc1ccc(CN)cc1. The predicted molar refractivity (Wildman–Crippen MR) is 79.5 cm³/mol. The Balaban J connectivity index is 2.39. The molecule has 0 fully saturated rings. The van der Waals surface area contributed by atoms with E-state index in [0.29, 0.717) is 18.7 Å². The average Bonchev–Trinajstić information content (AvgIpc) is 2.37. The minimum Gasteiger partial charge on any atom is -0.335 e. The molecule has 0 heterocycles. The zero-order valence-corrected chi connectivity index (χ0v) is 12.1. The second-order valence-electron chi connectivity index (χ2n) is 4.47. The van der Waals surface area contributed by atoms with Crippen molar-refractivity contribution in [2.75, 3.05) is 17.3 Å². The molecule has 106 valence electrons. The Morgan fingerprint density at radius 3 is 2.53 bits per heavy atom. The molecule has 0 radical (unpaired) electrons. The lowest BCUT2D eigenvalue weighted by atomic mass is 10.2. The maximum atomic E-state index is 11.7. The molecule has 0 aromatic heterocycles. The maximum Gasteiger partial charge on any atom is 0.319 e. The molecule has 0 spiro atoms. The van der Waals surface area contributed by atoms with E-state index in [1.54, 1.807) is 6.26 Å². The summed E-state index contributed by atoms with van der Waals surface area (Å²) in [7, 11) is -0.826. The highest BCUT2D eigenvalue weighted by Gasteiger charge is 2.07. The number of hydrogen-bond acceptors (Lipinski definition) is 3.